The summed E-state index contributed by atoms with van der Waals surface area (Å²) in [4.78, 5) is 12.8. The number of sulfone groups is 1. The van der Waals surface area contributed by atoms with Gasteiger partial charge in [-0.3, -0.25) is 0 Å². The van der Waals surface area contributed by atoms with Crippen molar-refractivity contribution >= 4 is 37.4 Å². The lowest BCUT2D eigenvalue weighted by Gasteiger charge is -2.29. The van der Waals surface area contributed by atoms with Crippen molar-refractivity contribution in [3.8, 4) is 0 Å². The first kappa shape index (κ1) is 13.4. The van der Waals surface area contributed by atoms with Crippen LogP contribution in [0.5, 0.6) is 0 Å². The van der Waals surface area contributed by atoms with E-state index in [-0.39, 0.29) is 17.1 Å². The number of rotatable bonds is 2. The van der Waals surface area contributed by atoms with Gasteiger partial charge in [0.05, 0.1) is 17.1 Å². The lowest BCUT2D eigenvalue weighted by atomic mass is 10.2. The first-order valence-electron chi connectivity index (χ1n) is 5.37. The lowest BCUT2D eigenvalue weighted by molar-refractivity contribution is 0.0696. The van der Waals surface area contributed by atoms with E-state index in [1.54, 1.807) is 12.1 Å². The number of nitrogens with zero attached hydrogens (tertiary/aromatic N) is 1. The molecule has 0 bridgehead atoms. The first-order valence-corrected chi connectivity index (χ1v) is 7.99. The second-order valence-electron chi connectivity index (χ2n) is 4.11. The number of hydrogen-bond acceptors (Lipinski definition) is 4. The molecular formula is C11H12BrNO4S. The van der Waals surface area contributed by atoms with Crippen LogP contribution in [-0.2, 0) is 9.84 Å². The van der Waals surface area contributed by atoms with Gasteiger partial charge in [0.1, 0.15) is 0 Å². The fourth-order valence-electron chi connectivity index (χ4n) is 1.84. The summed E-state index contributed by atoms with van der Waals surface area (Å²) in [6, 6.07) is 4.93. The maximum atomic E-state index is 11.3. The Kier molecular flexibility index (Phi) is 3.63. The number of carbonyl (C=O) groups is 1. The van der Waals surface area contributed by atoms with Gasteiger partial charge in [-0.2, -0.15) is 0 Å². The molecule has 1 aliphatic rings. The number of benzene rings is 1. The van der Waals surface area contributed by atoms with Crippen molar-refractivity contribution in [3.05, 3.63) is 28.2 Å². The van der Waals surface area contributed by atoms with Crippen LogP contribution in [-0.4, -0.2) is 44.1 Å². The summed E-state index contributed by atoms with van der Waals surface area (Å²) >= 11 is 3.21. The van der Waals surface area contributed by atoms with Crippen molar-refractivity contribution in [2.24, 2.45) is 0 Å². The van der Waals surface area contributed by atoms with E-state index in [1.165, 1.54) is 6.07 Å². The van der Waals surface area contributed by atoms with E-state index < -0.39 is 15.8 Å². The van der Waals surface area contributed by atoms with Crippen molar-refractivity contribution in [2.75, 3.05) is 29.5 Å². The standard InChI is InChI=1S/C11H12BrNO4S/c12-10-7-8(1-2-9(10)11(14)15)13-3-5-18(16,17)6-4-13/h1-2,7H,3-6H2,(H,14,15). The summed E-state index contributed by atoms with van der Waals surface area (Å²) in [6.45, 7) is 0.891. The molecule has 1 aromatic carbocycles. The van der Waals surface area contributed by atoms with E-state index in [0.717, 1.165) is 5.69 Å². The normalized spacial score (nSPS) is 18.6. The van der Waals surface area contributed by atoms with Crippen molar-refractivity contribution < 1.29 is 18.3 Å². The van der Waals surface area contributed by atoms with E-state index in [2.05, 4.69) is 15.9 Å². The second kappa shape index (κ2) is 4.89. The molecule has 0 amide bonds. The minimum Gasteiger partial charge on any atom is -0.478 e. The van der Waals surface area contributed by atoms with Crippen LogP contribution in [0.3, 0.4) is 0 Å². The third kappa shape index (κ3) is 2.84. The van der Waals surface area contributed by atoms with Gasteiger partial charge in [-0.25, -0.2) is 13.2 Å². The molecule has 0 unspecified atom stereocenters. The van der Waals surface area contributed by atoms with Gasteiger partial charge in [0.2, 0.25) is 0 Å². The highest BCUT2D eigenvalue weighted by Crippen LogP contribution is 2.25. The van der Waals surface area contributed by atoms with E-state index in [4.69, 9.17) is 5.11 Å². The van der Waals surface area contributed by atoms with Crippen molar-refractivity contribution in [2.45, 2.75) is 0 Å². The molecule has 0 spiro atoms. The predicted molar refractivity (Wildman–Crippen MR) is 72.0 cm³/mol. The Balaban J connectivity index is 2.21. The molecule has 1 fully saturated rings. The summed E-state index contributed by atoms with van der Waals surface area (Å²) in [5, 5.41) is 8.91. The van der Waals surface area contributed by atoms with Gasteiger partial charge in [0.15, 0.2) is 9.84 Å². The lowest BCUT2D eigenvalue weighted by Crippen LogP contribution is -2.40. The molecule has 0 atom stereocenters. The van der Waals surface area contributed by atoms with Gasteiger partial charge >= 0.3 is 5.97 Å². The summed E-state index contributed by atoms with van der Waals surface area (Å²) in [6.07, 6.45) is 0. The van der Waals surface area contributed by atoms with Crippen molar-refractivity contribution in [3.63, 3.8) is 0 Å². The van der Waals surface area contributed by atoms with Gasteiger partial charge in [0.25, 0.3) is 0 Å². The molecule has 0 radical (unpaired) electrons. The third-order valence-corrected chi connectivity index (χ3v) is 5.16. The van der Waals surface area contributed by atoms with Gasteiger partial charge in [-0.15, -0.1) is 0 Å². The molecule has 2 rings (SSSR count). The number of aromatic carboxylic acids is 1. The van der Waals surface area contributed by atoms with Crippen LogP contribution < -0.4 is 4.90 Å². The topological polar surface area (TPSA) is 74.7 Å². The Morgan fingerprint density at radius 3 is 2.39 bits per heavy atom. The Hall–Kier alpha value is -1.08. The van der Waals surface area contributed by atoms with Crippen LogP contribution in [0, 0.1) is 0 Å². The third-order valence-electron chi connectivity index (χ3n) is 2.89. The minimum absolute atomic E-state index is 0.144. The van der Waals surface area contributed by atoms with Crippen LogP contribution >= 0.6 is 15.9 Å². The van der Waals surface area contributed by atoms with E-state index in [1.807, 2.05) is 4.90 Å². The molecule has 5 nitrogen and oxygen atoms in total. The zero-order valence-electron chi connectivity index (χ0n) is 9.47. The maximum absolute atomic E-state index is 11.3. The molecule has 18 heavy (non-hydrogen) atoms. The van der Waals surface area contributed by atoms with Crippen LogP contribution in [0.25, 0.3) is 0 Å². The average Bonchev–Trinajstić information content (AvgIpc) is 2.28. The van der Waals surface area contributed by atoms with E-state index in [9.17, 15) is 13.2 Å². The molecule has 1 heterocycles. The van der Waals surface area contributed by atoms with Crippen molar-refractivity contribution in [1.82, 2.24) is 0 Å². The Morgan fingerprint density at radius 1 is 1.28 bits per heavy atom. The summed E-state index contributed by atoms with van der Waals surface area (Å²) in [7, 11) is -2.90. The second-order valence-corrected chi connectivity index (χ2v) is 7.27. The monoisotopic (exact) mass is 333 g/mol. The molecule has 1 aromatic rings. The van der Waals surface area contributed by atoms with Crippen LogP contribution in [0.15, 0.2) is 22.7 Å². The van der Waals surface area contributed by atoms with E-state index in [0.29, 0.717) is 17.6 Å². The first-order chi connectivity index (χ1) is 8.39. The van der Waals surface area contributed by atoms with E-state index >= 15 is 0 Å². The fraction of sp³-hybridized carbons (Fsp3) is 0.364. The molecule has 1 saturated heterocycles. The molecule has 0 aliphatic carbocycles. The number of carboxylic acid groups (broad SMARTS) is 1. The molecule has 1 aliphatic heterocycles. The zero-order chi connectivity index (χ0) is 13.3. The Bertz CT molecular complexity index is 571. The number of anilines is 1. The SMILES string of the molecule is O=C(O)c1ccc(N2CCS(=O)(=O)CC2)cc1Br. The molecule has 7 heteroatoms. The predicted octanol–water partition coefficient (Wildman–Crippen LogP) is 1.38. The summed E-state index contributed by atoms with van der Waals surface area (Å²) in [5.74, 6) is -0.703. The highest BCUT2D eigenvalue weighted by molar-refractivity contribution is 9.10. The Labute approximate surface area is 113 Å². The van der Waals surface area contributed by atoms with Gasteiger partial charge in [-0.1, -0.05) is 0 Å². The number of hydrogen-bond donors (Lipinski definition) is 1. The van der Waals surface area contributed by atoms with Gasteiger partial charge in [-0.05, 0) is 34.1 Å². The quantitative estimate of drug-likeness (QED) is 0.884. The highest BCUT2D eigenvalue weighted by atomic mass is 79.9. The number of carboxylic acids is 1. The number of halogens is 1. The molecular weight excluding hydrogens is 322 g/mol. The largest absolute Gasteiger partial charge is 0.478 e. The fourth-order valence-corrected chi connectivity index (χ4v) is 3.58. The van der Waals surface area contributed by atoms with Gasteiger partial charge in [0, 0.05) is 23.2 Å². The van der Waals surface area contributed by atoms with Crippen LogP contribution in [0.4, 0.5) is 5.69 Å². The molecule has 0 saturated carbocycles. The zero-order valence-corrected chi connectivity index (χ0v) is 11.9. The molecule has 98 valence electrons. The minimum atomic E-state index is -2.90. The van der Waals surface area contributed by atoms with Crippen LogP contribution in [0.2, 0.25) is 0 Å². The highest BCUT2D eigenvalue weighted by Gasteiger charge is 2.22. The van der Waals surface area contributed by atoms with Crippen molar-refractivity contribution in [1.29, 1.82) is 0 Å². The molecule has 1 N–H and O–H groups in total. The maximum Gasteiger partial charge on any atom is 0.336 e. The Morgan fingerprint density at radius 2 is 1.89 bits per heavy atom. The molecule has 0 aromatic heterocycles. The summed E-state index contributed by atoms with van der Waals surface area (Å²) in [5.41, 5.74) is 1.03. The van der Waals surface area contributed by atoms with Gasteiger partial charge < -0.3 is 10.0 Å². The average molecular weight is 334 g/mol. The summed E-state index contributed by atoms with van der Waals surface area (Å²) < 4.78 is 23.1. The van der Waals surface area contributed by atoms with Crippen LogP contribution in [0.1, 0.15) is 10.4 Å². The smallest absolute Gasteiger partial charge is 0.336 e.